The number of hydrogen-bond donors (Lipinski definition) is 0. The van der Waals surface area contributed by atoms with E-state index in [9.17, 15) is 4.79 Å². The van der Waals surface area contributed by atoms with E-state index in [1.165, 1.54) is 12.8 Å². The van der Waals surface area contributed by atoms with Crippen molar-refractivity contribution >= 4 is 22.2 Å². The molecule has 2 nitrogen and oxygen atoms in total. The van der Waals surface area contributed by atoms with Crippen LogP contribution in [0.1, 0.15) is 24.8 Å². The van der Waals surface area contributed by atoms with Crippen molar-refractivity contribution in [2.75, 3.05) is 6.61 Å². The summed E-state index contributed by atoms with van der Waals surface area (Å²) >= 11 is 3.44. The molecule has 0 amide bonds. The number of halogens is 1. The lowest BCUT2D eigenvalue weighted by atomic mass is 10.1. The molecular weight excluding hydrogens is 268 g/mol. The monoisotopic (exact) mass is 282 g/mol. The molecule has 16 heavy (non-hydrogen) atoms. The van der Waals surface area contributed by atoms with Gasteiger partial charge in [-0.1, -0.05) is 15.9 Å². The Bertz CT molecular complexity index is 372. The van der Waals surface area contributed by atoms with Gasteiger partial charge in [0.1, 0.15) is 12.0 Å². The summed E-state index contributed by atoms with van der Waals surface area (Å²) in [6.45, 7) is 0.815. The number of aryl methyl sites for hydroxylation is 1. The van der Waals surface area contributed by atoms with Crippen molar-refractivity contribution in [3.63, 3.8) is 0 Å². The van der Waals surface area contributed by atoms with Gasteiger partial charge in [0.2, 0.25) is 0 Å². The first-order valence-corrected chi connectivity index (χ1v) is 6.44. The van der Waals surface area contributed by atoms with Crippen molar-refractivity contribution in [1.82, 2.24) is 0 Å². The van der Waals surface area contributed by atoms with E-state index in [0.717, 1.165) is 41.0 Å². The number of hydrogen-bond acceptors (Lipinski definition) is 2. The largest absolute Gasteiger partial charge is 0.493 e. The number of carbonyl (C=O) groups is 1. The summed E-state index contributed by atoms with van der Waals surface area (Å²) in [4.78, 5) is 10.4. The third kappa shape index (κ3) is 3.34. The third-order valence-corrected chi connectivity index (χ3v) is 3.22. The van der Waals surface area contributed by atoms with Gasteiger partial charge in [-0.05, 0) is 48.9 Å². The van der Waals surface area contributed by atoms with Gasteiger partial charge in [-0.25, -0.2) is 0 Å². The van der Waals surface area contributed by atoms with Crippen LogP contribution < -0.4 is 4.74 Å². The van der Waals surface area contributed by atoms with E-state index < -0.39 is 0 Å². The van der Waals surface area contributed by atoms with E-state index >= 15 is 0 Å². The van der Waals surface area contributed by atoms with Crippen LogP contribution in [0.5, 0.6) is 5.75 Å². The van der Waals surface area contributed by atoms with Crippen LogP contribution in [0.25, 0.3) is 0 Å². The molecule has 1 aromatic carbocycles. The molecule has 0 unspecified atom stereocenters. The van der Waals surface area contributed by atoms with Crippen molar-refractivity contribution in [3.05, 3.63) is 28.2 Å². The average Bonchev–Trinajstić information content (AvgIpc) is 3.09. The van der Waals surface area contributed by atoms with Gasteiger partial charge in [0.05, 0.1) is 6.61 Å². The first kappa shape index (κ1) is 11.6. The average molecular weight is 283 g/mol. The van der Waals surface area contributed by atoms with Crippen molar-refractivity contribution < 1.29 is 9.53 Å². The second kappa shape index (κ2) is 5.48. The van der Waals surface area contributed by atoms with E-state index in [4.69, 9.17) is 4.74 Å². The van der Waals surface area contributed by atoms with Crippen LogP contribution in [0.3, 0.4) is 0 Å². The molecule has 0 aromatic heterocycles. The van der Waals surface area contributed by atoms with Crippen molar-refractivity contribution in [2.45, 2.75) is 25.7 Å². The molecule has 0 radical (unpaired) electrons. The van der Waals surface area contributed by atoms with Gasteiger partial charge < -0.3 is 9.53 Å². The molecule has 1 fully saturated rings. The number of aldehydes is 1. The molecule has 0 saturated heterocycles. The minimum absolute atomic E-state index is 0.552. The summed E-state index contributed by atoms with van der Waals surface area (Å²) < 4.78 is 6.81. The smallest absolute Gasteiger partial charge is 0.122 e. The maximum atomic E-state index is 10.4. The molecule has 0 atom stereocenters. The quantitative estimate of drug-likeness (QED) is 0.748. The SMILES string of the molecule is O=CCCc1cc(Br)ccc1OCC1CC1. The Kier molecular flexibility index (Phi) is 3.99. The Hall–Kier alpha value is -0.830. The molecule has 3 heteroatoms. The Morgan fingerprint density at radius 3 is 2.94 bits per heavy atom. The van der Waals surface area contributed by atoms with E-state index in [1.54, 1.807) is 0 Å². The number of benzene rings is 1. The highest BCUT2D eigenvalue weighted by molar-refractivity contribution is 9.10. The highest BCUT2D eigenvalue weighted by Gasteiger charge is 2.22. The zero-order chi connectivity index (χ0) is 11.4. The summed E-state index contributed by atoms with van der Waals surface area (Å²) in [5, 5.41) is 0. The van der Waals surface area contributed by atoms with Crippen molar-refractivity contribution in [3.8, 4) is 5.75 Å². The third-order valence-electron chi connectivity index (χ3n) is 2.73. The molecule has 0 spiro atoms. The molecular formula is C13H15BrO2. The first-order chi connectivity index (χ1) is 7.79. The van der Waals surface area contributed by atoms with E-state index in [2.05, 4.69) is 15.9 Å². The van der Waals surface area contributed by atoms with Gasteiger partial charge in [0.25, 0.3) is 0 Å². The van der Waals surface area contributed by atoms with Gasteiger partial charge in [-0.15, -0.1) is 0 Å². The number of carbonyl (C=O) groups excluding carboxylic acids is 1. The minimum atomic E-state index is 0.552. The summed E-state index contributed by atoms with van der Waals surface area (Å²) in [5.74, 6) is 1.68. The zero-order valence-electron chi connectivity index (χ0n) is 9.12. The van der Waals surface area contributed by atoms with Crippen LogP contribution in [0, 0.1) is 5.92 Å². The fourth-order valence-corrected chi connectivity index (χ4v) is 2.00. The number of rotatable bonds is 6. The highest BCUT2D eigenvalue weighted by atomic mass is 79.9. The van der Waals surface area contributed by atoms with E-state index in [0.29, 0.717) is 6.42 Å². The van der Waals surface area contributed by atoms with Gasteiger partial charge in [0.15, 0.2) is 0 Å². The Labute approximate surface area is 104 Å². The molecule has 1 aliphatic rings. The molecule has 0 heterocycles. The standard InChI is InChI=1S/C13H15BrO2/c14-12-5-6-13(16-9-10-3-4-10)11(8-12)2-1-7-15/h5-8,10H,1-4,9H2. The normalized spacial score (nSPS) is 14.8. The van der Waals surface area contributed by atoms with Crippen LogP contribution >= 0.6 is 15.9 Å². The fraction of sp³-hybridized carbons (Fsp3) is 0.462. The highest BCUT2D eigenvalue weighted by Crippen LogP contribution is 2.31. The zero-order valence-corrected chi connectivity index (χ0v) is 10.7. The molecule has 1 aromatic rings. The van der Waals surface area contributed by atoms with Crippen LogP contribution in [-0.2, 0) is 11.2 Å². The molecule has 0 aliphatic heterocycles. The molecule has 1 aliphatic carbocycles. The minimum Gasteiger partial charge on any atom is -0.493 e. The maximum absolute atomic E-state index is 10.4. The predicted octanol–water partition coefficient (Wildman–Crippen LogP) is 3.37. The van der Waals surface area contributed by atoms with Crippen LogP contribution in [-0.4, -0.2) is 12.9 Å². The second-order valence-electron chi connectivity index (χ2n) is 4.21. The van der Waals surface area contributed by atoms with Gasteiger partial charge in [0, 0.05) is 10.9 Å². The maximum Gasteiger partial charge on any atom is 0.122 e. The molecule has 0 N–H and O–H groups in total. The summed E-state index contributed by atoms with van der Waals surface area (Å²) in [7, 11) is 0. The first-order valence-electron chi connectivity index (χ1n) is 5.64. The summed E-state index contributed by atoms with van der Waals surface area (Å²) in [5.41, 5.74) is 1.11. The van der Waals surface area contributed by atoms with Crippen LogP contribution in [0.2, 0.25) is 0 Å². The van der Waals surface area contributed by atoms with Gasteiger partial charge in [-0.3, -0.25) is 0 Å². The Morgan fingerprint density at radius 1 is 1.44 bits per heavy atom. The lowest BCUT2D eigenvalue weighted by molar-refractivity contribution is -0.107. The van der Waals surface area contributed by atoms with Crippen molar-refractivity contribution in [2.24, 2.45) is 5.92 Å². The molecule has 1 saturated carbocycles. The summed E-state index contributed by atoms with van der Waals surface area (Å²) in [6, 6.07) is 5.99. The van der Waals surface area contributed by atoms with E-state index in [-0.39, 0.29) is 0 Å². The van der Waals surface area contributed by atoms with Crippen molar-refractivity contribution in [1.29, 1.82) is 0 Å². The topological polar surface area (TPSA) is 26.3 Å². The molecule has 86 valence electrons. The summed E-state index contributed by atoms with van der Waals surface area (Å²) in [6.07, 6.45) is 4.84. The Balaban J connectivity index is 2.03. The van der Waals surface area contributed by atoms with Gasteiger partial charge in [-0.2, -0.15) is 0 Å². The second-order valence-corrected chi connectivity index (χ2v) is 5.13. The van der Waals surface area contributed by atoms with Gasteiger partial charge >= 0.3 is 0 Å². The Morgan fingerprint density at radius 2 is 2.25 bits per heavy atom. The van der Waals surface area contributed by atoms with Crippen LogP contribution in [0.4, 0.5) is 0 Å². The van der Waals surface area contributed by atoms with Crippen LogP contribution in [0.15, 0.2) is 22.7 Å². The number of ether oxygens (including phenoxy) is 1. The molecule has 2 rings (SSSR count). The lowest BCUT2D eigenvalue weighted by Crippen LogP contribution is -2.02. The lowest BCUT2D eigenvalue weighted by Gasteiger charge is -2.10. The molecule has 0 bridgehead atoms. The predicted molar refractivity (Wildman–Crippen MR) is 66.7 cm³/mol. The van der Waals surface area contributed by atoms with E-state index in [1.807, 2.05) is 18.2 Å². The fourth-order valence-electron chi connectivity index (χ4n) is 1.59.